The second-order valence-electron chi connectivity index (χ2n) is 6.83. The molecule has 1 saturated heterocycles. The molecule has 2 N–H and O–H groups in total. The van der Waals surface area contributed by atoms with Crippen molar-refractivity contribution in [3.05, 3.63) is 46.2 Å². The Kier molecular flexibility index (Phi) is 5.54. The van der Waals surface area contributed by atoms with Crippen molar-refractivity contribution < 1.29 is 27.3 Å². The summed E-state index contributed by atoms with van der Waals surface area (Å²) in [4.78, 5) is 24.3. The van der Waals surface area contributed by atoms with Gasteiger partial charge in [0.15, 0.2) is 17.3 Å². The molecule has 0 bridgehead atoms. The number of ether oxygens (including phenoxy) is 1. The van der Waals surface area contributed by atoms with Crippen molar-refractivity contribution in [1.82, 2.24) is 9.29 Å². The molecule has 1 fully saturated rings. The average Bonchev–Trinajstić information content (AvgIpc) is 3.00. The van der Waals surface area contributed by atoms with Crippen molar-refractivity contribution in [3.63, 3.8) is 0 Å². The Bertz CT molecular complexity index is 983. The molecular weight excluding hydrogens is 460 g/mol. The van der Waals surface area contributed by atoms with Gasteiger partial charge in [-0.2, -0.15) is 0 Å². The van der Waals surface area contributed by atoms with E-state index in [2.05, 4.69) is 26.0 Å². The summed E-state index contributed by atoms with van der Waals surface area (Å²) >= 11 is 2.87. The number of thiol groups is 1. The Labute approximate surface area is 169 Å². The molecule has 0 aliphatic carbocycles. The summed E-state index contributed by atoms with van der Waals surface area (Å²) < 4.78 is 49.2. The van der Waals surface area contributed by atoms with E-state index in [1.807, 2.05) is 0 Å². The summed E-state index contributed by atoms with van der Waals surface area (Å²) in [5.41, 5.74) is -0.115. The van der Waals surface area contributed by atoms with Crippen molar-refractivity contribution in [3.8, 4) is 0 Å². The molecule has 7 nitrogen and oxygen atoms in total. The van der Waals surface area contributed by atoms with Gasteiger partial charge >= 0.3 is 0 Å². The summed E-state index contributed by atoms with van der Waals surface area (Å²) in [5.74, 6) is -2.82. The van der Waals surface area contributed by atoms with E-state index in [-0.39, 0.29) is 20.7 Å². The Balaban J connectivity index is 1.86. The Hall–Kier alpha value is -1.95. The van der Waals surface area contributed by atoms with Crippen LogP contribution in [0.15, 0.2) is 33.8 Å². The number of rotatable bonds is 6. The summed E-state index contributed by atoms with van der Waals surface area (Å²) in [7, 11) is -2.07. The number of anilines is 1. The fourth-order valence-corrected chi connectivity index (χ4v) is 5.13. The van der Waals surface area contributed by atoms with E-state index in [4.69, 9.17) is 4.74 Å². The quantitative estimate of drug-likeness (QED) is 0.338. The van der Waals surface area contributed by atoms with E-state index >= 15 is 0 Å². The fourth-order valence-electron chi connectivity index (χ4n) is 2.80. The predicted molar refractivity (Wildman–Crippen MR) is 104 cm³/mol. The molecule has 11 heteroatoms. The van der Waals surface area contributed by atoms with Crippen LogP contribution in [0.5, 0.6) is 0 Å². The fraction of sp³-hybridized carbons (Fsp3) is 0.294. The van der Waals surface area contributed by atoms with Gasteiger partial charge in [-0.25, -0.2) is 13.5 Å². The monoisotopic (exact) mass is 477 g/mol. The van der Waals surface area contributed by atoms with Crippen molar-refractivity contribution in [1.29, 1.82) is 0 Å². The maximum Gasteiger partial charge on any atom is 0.272 e. The first kappa shape index (κ1) is 20.8. The summed E-state index contributed by atoms with van der Waals surface area (Å²) in [6.07, 6.45) is 1.42. The molecule has 1 aromatic carbocycles. The lowest BCUT2D eigenvalue weighted by Gasteiger charge is -2.41. The first-order valence-corrected chi connectivity index (χ1v) is 10.7. The highest BCUT2D eigenvalue weighted by Crippen LogP contribution is 2.26. The summed E-state index contributed by atoms with van der Waals surface area (Å²) in [6, 6.07) is 3.39. The van der Waals surface area contributed by atoms with E-state index in [0.29, 0.717) is 18.8 Å². The number of nitrogens with zero attached hydrogens (tertiary/aromatic N) is 1. The molecule has 0 unspecified atom stereocenters. The van der Waals surface area contributed by atoms with Gasteiger partial charge in [-0.05, 0) is 35.0 Å². The van der Waals surface area contributed by atoms with Crippen LogP contribution in [0.2, 0.25) is 0 Å². The number of hydrogen-bond donors (Lipinski definition) is 3. The molecule has 3 rings (SSSR count). The van der Waals surface area contributed by atoms with Crippen molar-refractivity contribution in [2.45, 2.75) is 17.4 Å². The van der Waals surface area contributed by atoms with Crippen LogP contribution in [-0.2, 0) is 26.7 Å². The lowest BCUT2D eigenvalue weighted by atomic mass is 10.0. The maximum atomic E-state index is 13.5. The van der Waals surface area contributed by atoms with Crippen LogP contribution >= 0.6 is 15.9 Å². The molecule has 1 aliphatic rings. The number of aryl methyl sites for hydroxylation is 1. The van der Waals surface area contributed by atoms with Crippen LogP contribution in [0.25, 0.3) is 0 Å². The number of benzene rings is 1. The van der Waals surface area contributed by atoms with Crippen LogP contribution in [-0.4, -0.2) is 39.1 Å². The van der Waals surface area contributed by atoms with Crippen molar-refractivity contribution in [2.75, 3.05) is 18.5 Å². The third-order valence-corrected chi connectivity index (χ3v) is 7.03. The topological polar surface area (TPSA) is 89.4 Å². The summed E-state index contributed by atoms with van der Waals surface area (Å²) in [6.45, 7) is 2.41. The first-order chi connectivity index (χ1) is 13.1. The van der Waals surface area contributed by atoms with Gasteiger partial charge in [0.05, 0.1) is 28.1 Å². The standard InChI is InChI=1S/C17H18BrF2N3O4S/c1-17(7-27-8-17)22-28(26,9-24)11-5-14(23(2)6-11)16(25)21-10-3-12(18)15(20)13(19)4-10/h3-6,9,28H,7-8H2,1-2H3,(H,21,25)(H,22,26). The molecule has 28 heavy (non-hydrogen) atoms. The summed E-state index contributed by atoms with van der Waals surface area (Å²) in [5, 5.41) is 2.45. The number of halogens is 3. The first-order valence-electron chi connectivity index (χ1n) is 8.13. The van der Waals surface area contributed by atoms with Crippen molar-refractivity contribution in [2.24, 2.45) is 7.05 Å². The van der Waals surface area contributed by atoms with Crippen LogP contribution in [0, 0.1) is 11.6 Å². The van der Waals surface area contributed by atoms with Gasteiger partial charge < -0.3 is 14.6 Å². The number of carbonyl (C=O) groups excluding carboxylic acids is 2. The second kappa shape index (κ2) is 7.47. The average molecular weight is 478 g/mol. The van der Waals surface area contributed by atoms with Crippen LogP contribution < -0.4 is 10.0 Å². The lowest BCUT2D eigenvalue weighted by Crippen LogP contribution is -2.61. The number of carbonyl (C=O) groups is 2. The van der Waals surface area contributed by atoms with E-state index in [0.717, 1.165) is 6.07 Å². The van der Waals surface area contributed by atoms with Gasteiger partial charge in [-0.3, -0.25) is 13.8 Å². The molecule has 0 atom stereocenters. The molecule has 1 aromatic heterocycles. The smallest absolute Gasteiger partial charge is 0.272 e. The van der Waals surface area contributed by atoms with E-state index in [9.17, 15) is 22.6 Å². The van der Waals surface area contributed by atoms with Crippen LogP contribution in [0.4, 0.5) is 14.5 Å². The number of hydrogen-bond acceptors (Lipinski definition) is 4. The molecule has 1 amide bonds. The second-order valence-corrected chi connectivity index (χ2v) is 9.95. The minimum Gasteiger partial charge on any atom is -0.377 e. The lowest BCUT2D eigenvalue weighted by molar-refractivity contribution is -0.0519. The molecule has 152 valence electrons. The highest BCUT2D eigenvalue weighted by atomic mass is 79.9. The SMILES string of the molecule is Cn1cc([SH](=O)(C=O)NC2(C)COC2)cc1C(=O)Nc1cc(F)c(F)c(Br)c1. The molecule has 0 saturated carbocycles. The van der Waals surface area contributed by atoms with Gasteiger partial charge in [-0.15, -0.1) is 0 Å². The van der Waals surface area contributed by atoms with Crippen molar-refractivity contribution >= 4 is 43.3 Å². The molecule has 2 aromatic rings. The Morgan fingerprint density at radius 2 is 2.04 bits per heavy atom. The normalized spacial score (nSPS) is 16.3. The number of aromatic nitrogens is 1. The van der Waals surface area contributed by atoms with Crippen LogP contribution in [0.3, 0.4) is 0 Å². The number of amides is 1. The zero-order valence-electron chi connectivity index (χ0n) is 15.0. The van der Waals surface area contributed by atoms with Gasteiger partial charge in [0.2, 0.25) is 0 Å². The maximum absolute atomic E-state index is 13.5. The number of nitrogens with one attached hydrogen (secondary N) is 2. The highest BCUT2D eigenvalue weighted by Gasteiger charge is 2.38. The van der Waals surface area contributed by atoms with E-state index < -0.39 is 33.2 Å². The zero-order valence-corrected chi connectivity index (χ0v) is 17.4. The zero-order chi connectivity index (χ0) is 20.7. The Morgan fingerprint density at radius 3 is 2.57 bits per heavy atom. The minimum absolute atomic E-state index is 0.0364. The molecule has 0 radical (unpaired) electrons. The molecular formula is C17H18BrF2N3O4S. The molecule has 1 aliphatic heterocycles. The highest BCUT2D eigenvalue weighted by molar-refractivity contribution is 9.10. The third kappa shape index (κ3) is 3.93. The van der Waals surface area contributed by atoms with Gasteiger partial charge in [0, 0.05) is 35.1 Å². The Morgan fingerprint density at radius 1 is 1.36 bits per heavy atom. The van der Waals surface area contributed by atoms with Crippen LogP contribution in [0.1, 0.15) is 17.4 Å². The van der Waals surface area contributed by atoms with Gasteiger partial charge in [0.25, 0.3) is 5.91 Å². The van der Waals surface area contributed by atoms with Gasteiger partial charge in [-0.1, -0.05) is 0 Å². The molecule has 0 spiro atoms. The van der Waals surface area contributed by atoms with Gasteiger partial charge in [0.1, 0.15) is 5.69 Å². The molecule has 2 heterocycles. The predicted octanol–water partition coefficient (Wildman–Crippen LogP) is 2.18. The largest absolute Gasteiger partial charge is 0.377 e. The van der Waals surface area contributed by atoms with E-state index in [1.165, 1.54) is 22.9 Å². The third-order valence-electron chi connectivity index (χ3n) is 4.27. The minimum atomic E-state index is -3.62. The van der Waals surface area contributed by atoms with E-state index in [1.54, 1.807) is 14.0 Å².